The maximum Gasteiger partial charge on any atom is 0.355 e. The number of aromatic nitrogens is 2. The van der Waals surface area contributed by atoms with Gasteiger partial charge in [-0.05, 0) is 43.9 Å². The number of para-hydroxylation sites is 1. The van der Waals surface area contributed by atoms with Gasteiger partial charge in [-0.1, -0.05) is 53.1 Å². The van der Waals surface area contributed by atoms with Crippen LogP contribution in [0, 0.1) is 0 Å². The molecule has 3 aliphatic rings. The first-order valence-corrected chi connectivity index (χ1v) is 21.6. The second-order valence-corrected chi connectivity index (χ2v) is 16.4. The van der Waals surface area contributed by atoms with Crippen molar-refractivity contribution in [2.45, 2.75) is 82.3 Å². The molecule has 0 N–H and O–H groups in total. The van der Waals surface area contributed by atoms with Crippen molar-refractivity contribution in [3.63, 3.8) is 0 Å². The Balaban J connectivity index is 0.842. The zero-order chi connectivity index (χ0) is 39.3. The Labute approximate surface area is 333 Å². The van der Waals surface area contributed by atoms with Gasteiger partial charge in [0.25, 0.3) is 5.56 Å². The standard InChI is InChI=1S/C40H48N2O12S2/c1-2-40(31-24-33-37-28(23-27-7-3-5-9-32(27)41-37)25-42(33)38(46)30(31)26-53-39(40)47)54-36(45)12-11-35(44)52-21-19-50-17-15-48-14-16-49-18-20-51-34(43)10-6-4-8-29-13-22-55-56-29/h3,5,7,9,23-24,29H,2,4,6,8,10-22,25-26H2,1H3. The van der Waals surface area contributed by atoms with E-state index >= 15 is 0 Å². The average Bonchev–Trinajstić information content (AvgIpc) is 3.86. The van der Waals surface area contributed by atoms with Gasteiger partial charge in [-0.15, -0.1) is 0 Å². The largest absolute Gasteiger partial charge is 0.463 e. The molecule has 56 heavy (non-hydrogen) atoms. The first-order chi connectivity index (χ1) is 27.3. The lowest BCUT2D eigenvalue weighted by Crippen LogP contribution is -2.47. The van der Waals surface area contributed by atoms with E-state index in [0.29, 0.717) is 50.8 Å². The van der Waals surface area contributed by atoms with Crippen LogP contribution < -0.4 is 5.56 Å². The number of carbonyl (C=O) groups is 4. The predicted octanol–water partition coefficient (Wildman–Crippen LogP) is 5.26. The van der Waals surface area contributed by atoms with Gasteiger partial charge in [-0.25, -0.2) is 9.78 Å². The highest BCUT2D eigenvalue weighted by Gasteiger charge is 2.50. The first kappa shape index (κ1) is 41.7. The summed E-state index contributed by atoms with van der Waals surface area (Å²) in [5.41, 5.74) is 1.11. The van der Waals surface area contributed by atoms with Gasteiger partial charge in [0.1, 0.15) is 19.8 Å². The van der Waals surface area contributed by atoms with Crippen molar-refractivity contribution in [3.05, 3.63) is 63.4 Å². The molecular weight excluding hydrogens is 765 g/mol. The number of benzene rings is 1. The van der Waals surface area contributed by atoms with E-state index in [9.17, 15) is 24.0 Å². The van der Waals surface area contributed by atoms with E-state index < -0.39 is 23.5 Å². The first-order valence-electron chi connectivity index (χ1n) is 19.2. The Morgan fingerprint density at radius 2 is 1.55 bits per heavy atom. The van der Waals surface area contributed by atoms with Crippen LogP contribution in [0.1, 0.15) is 75.0 Å². The van der Waals surface area contributed by atoms with Crippen LogP contribution in [0.2, 0.25) is 0 Å². The van der Waals surface area contributed by atoms with Crippen LogP contribution in [-0.2, 0) is 71.1 Å². The summed E-state index contributed by atoms with van der Waals surface area (Å²) < 4.78 is 39.5. The highest BCUT2D eigenvalue weighted by Crippen LogP contribution is 2.42. The summed E-state index contributed by atoms with van der Waals surface area (Å²) >= 11 is 0. The van der Waals surface area contributed by atoms with Crippen LogP contribution in [0.5, 0.6) is 0 Å². The zero-order valence-corrected chi connectivity index (χ0v) is 33.2. The normalized spacial score (nSPS) is 18.2. The van der Waals surface area contributed by atoms with E-state index in [-0.39, 0.29) is 75.0 Å². The van der Waals surface area contributed by atoms with Crippen LogP contribution in [0.4, 0.5) is 0 Å². The summed E-state index contributed by atoms with van der Waals surface area (Å²) in [4.78, 5) is 69.1. The fourth-order valence-electron chi connectivity index (χ4n) is 6.85. The topological polar surface area (TPSA) is 168 Å². The van der Waals surface area contributed by atoms with Crippen molar-refractivity contribution in [3.8, 4) is 11.4 Å². The number of hydrogen-bond acceptors (Lipinski definition) is 15. The van der Waals surface area contributed by atoms with Crippen LogP contribution in [0.25, 0.3) is 22.3 Å². The molecule has 2 atom stereocenters. The summed E-state index contributed by atoms with van der Waals surface area (Å²) in [5.74, 6) is -1.19. The van der Waals surface area contributed by atoms with E-state index in [4.69, 9.17) is 38.1 Å². The third-order valence-electron chi connectivity index (χ3n) is 9.82. The molecule has 0 amide bonds. The van der Waals surface area contributed by atoms with E-state index in [1.54, 1.807) is 17.6 Å². The molecule has 16 heteroatoms. The van der Waals surface area contributed by atoms with Gasteiger partial charge >= 0.3 is 23.9 Å². The van der Waals surface area contributed by atoms with Crippen molar-refractivity contribution < 1.29 is 52.3 Å². The lowest BCUT2D eigenvalue weighted by molar-refractivity contribution is -0.189. The SMILES string of the molecule is CCC1(OC(=O)CCC(=O)OCCOCCOCCOCCOC(=O)CCCCC2CCSS2)C(=O)OCc2c1cc1n(c2=O)Cc2cc3ccccc3nc2-1. The molecule has 302 valence electrons. The molecular formula is C40H48N2O12S2. The summed E-state index contributed by atoms with van der Waals surface area (Å²) in [7, 11) is 3.89. The van der Waals surface area contributed by atoms with Crippen LogP contribution in [0.3, 0.4) is 0 Å². The molecule has 1 aromatic carbocycles. The number of cyclic esters (lactones) is 1. The van der Waals surface area contributed by atoms with Gasteiger partial charge in [-0.3, -0.25) is 19.2 Å². The molecule has 0 aliphatic carbocycles. The van der Waals surface area contributed by atoms with Crippen molar-refractivity contribution in [2.75, 3.05) is 58.6 Å². The Bertz CT molecular complexity index is 1930. The Hall–Kier alpha value is -3.96. The van der Waals surface area contributed by atoms with Gasteiger partial charge in [0.15, 0.2) is 0 Å². The molecule has 14 nitrogen and oxygen atoms in total. The molecule has 0 spiro atoms. The number of esters is 4. The van der Waals surface area contributed by atoms with Crippen molar-refractivity contribution in [1.82, 2.24) is 9.55 Å². The quantitative estimate of drug-likeness (QED) is 0.0436. The minimum absolute atomic E-state index is 0.0144. The van der Waals surface area contributed by atoms with E-state index in [1.807, 2.05) is 51.9 Å². The van der Waals surface area contributed by atoms with Crippen molar-refractivity contribution in [1.29, 1.82) is 0 Å². The predicted molar refractivity (Wildman–Crippen MR) is 209 cm³/mol. The monoisotopic (exact) mass is 812 g/mol. The molecule has 0 radical (unpaired) electrons. The number of fused-ring (bicyclic) bond motifs is 5. The Kier molecular flexibility index (Phi) is 15.2. The molecule has 6 rings (SSSR count). The number of hydrogen-bond donors (Lipinski definition) is 0. The number of nitrogens with zero attached hydrogens (tertiary/aromatic N) is 2. The molecule has 5 heterocycles. The van der Waals surface area contributed by atoms with E-state index in [1.165, 1.54) is 12.2 Å². The summed E-state index contributed by atoms with van der Waals surface area (Å²) in [6.07, 6.45) is 4.16. The van der Waals surface area contributed by atoms with Crippen molar-refractivity contribution >= 4 is 56.4 Å². The Morgan fingerprint density at radius 3 is 2.25 bits per heavy atom. The maximum absolute atomic E-state index is 13.7. The van der Waals surface area contributed by atoms with Crippen LogP contribution >= 0.6 is 21.6 Å². The van der Waals surface area contributed by atoms with Gasteiger partial charge < -0.3 is 37.7 Å². The highest BCUT2D eigenvalue weighted by molar-refractivity contribution is 8.77. The van der Waals surface area contributed by atoms with Gasteiger partial charge in [0.05, 0.1) is 81.5 Å². The fraction of sp³-hybridized carbons (Fsp3) is 0.550. The minimum Gasteiger partial charge on any atom is -0.463 e. The zero-order valence-electron chi connectivity index (χ0n) is 31.6. The second kappa shape index (κ2) is 20.5. The smallest absolute Gasteiger partial charge is 0.355 e. The Morgan fingerprint density at radius 1 is 0.875 bits per heavy atom. The van der Waals surface area contributed by atoms with Gasteiger partial charge in [0.2, 0.25) is 5.60 Å². The minimum atomic E-state index is -1.86. The van der Waals surface area contributed by atoms with Gasteiger partial charge in [0, 0.05) is 33.9 Å². The average molecular weight is 813 g/mol. The molecule has 0 saturated carbocycles. The van der Waals surface area contributed by atoms with Crippen LogP contribution in [-0.4, -0.2) is 97.3 Å². The molecule has 2 unspecified atom stereocenters. The molecule has 3 aliphatic heterocycles. The lowest BCUT2D eigenvalue weighted by Gasteiger charge is -2.35. The lowest BCUT2D eigenvalue weighted by atomic mass is 9.85. The third-order valence-corrected chi connectivity index (χ3v) is 12.8. The number of ether oxygens (including phenoxy) is 7. The summed E-state index contributed by atoms with van der Waals surface area (Å²) in [6.45, 7) is 3.68. The highest BCUT2D eigenvalue weighted by atomic mass is 33.1. The molecule has 1 fully saturated rings. The molecule has 0 bridgehead atoms. The summed E-state index contributed by atoms with van der Waals surface area (Å²) in [5, 5.41) is 1.68. The molecule has 1 saturated heterocycles. The second-order valence-electron chi connectivity index (χ2n) is 13.6. The third kappa shape index (κ3) is 10.5. The molecule has 3 aromatic rings. The number of carbonyl (C=O) groups excluding carboxylic acids is 4. The maximum atomic E-state index is 13.7. The van der Waals surface area contributed by atoms with E-state index in [0.717, 1.165) is 41.0 Å². The van der Waals surface area contributed by atoms with E-state index in [2.05, 4.69) is 0 Å². The van der Waals surface area contributed by atoms with Gasteiger partial charge in [-0.2, -0.15) is 0 Å². The van der Waals surface area contributed by atoms with Crippen molar-refractivity contribution in [2.24, 2.45) is 0 Å². The number of rotatable bonds is 22. The number of pyridine rings is 2. The summed E-state index contributed by atoms with van der Waals surface area (Å²) in [6, 6.07) is 11.4. The number of unbranched alkanes of at least 4 members (excludes halogenated alkanes) is 1. The van der Waals surface area contributed by atoms with Crippen LogP contribution in [0.15, 0.2) is 41.2 Å². The fourth-order valence-corrected chi connectivity index (χ4v) is 9.88. The molecule has 2 aromatic heterocycles.